The molecule has 19 heavy (non-hydrogen) atoms. The number of urea groups is 1. The van der Waals surface area contributed by atoms with Gasteiger partial charge in [0.25, 0.3) is 11.6 Å². The van der Waals surface area contributed by atoms with Crippen LogP contribution in [0, 0.1) is 10.1 Å². The Labute approximate surface area is 107 Å². The van der Waals surface area contributed by atoms with Gasteiger partial charge in [-0.3, -0.25) is 14.9 Å². The van der Waals surface area contributed by atoms with Crippen molar-refractivity contribution in [3.63, 3.8) is 0 Å². The van der Waals surface area contributed by atoms with E-state index in [9.17, 15) is 19.7 Å². The van der Waals surface area contributed by atoms with Gasteiger partial charge >= 0.3 is 6.03 Å². The Morgan fingerprint density at radius 3 is 2.58 bits per heavy atom. The molecule has 0 aliphatic carbocycles. The molecular formula is C9H12N6O4. The highest BCUT2D eigenvalue weighted by Gasteiger charge is 2.20. The molecule has 0 saturated heterocycles. The highest BCUT2D eigenvalue weighted by atomic mass is 16.6. The SMILES string of the molecule is NC(=O)NCCNC(=O)c1cc(N)ncc1[N+](=O)[O-]. The van der Waals surface area contributed by atoms with Gasteiger partial charge in [-0.15, -0.1) is 0 Å². The number of aromatic nitrogens is 1. The van der Waals surface area contributed by atoms with Gasteiger partial charge in [-0.25, -0.2) is 9.78 Å². The number of hydrogen-bond acceptors (Lipinski definition) is 6. The topological polar surface area (TPSA) is 166 Å². The van der Waals surface area contributed by atoms with E-state index < -0.39 is 22.5 Å². The smallest absolute Gasteiger partial charge is 0.312 e. The van der Waals surface area contributed by atoms with Crippen molar-refractivity contribution in [3.8, 4) is 0 Å². The van der Waals surface area contributed by atoms with Crippen LogP contribution in [0.25, 0.3) is 0 Å². The van der Waals surface area contributed by atoms with Gasteiger partial charge in [0.05, 0.1) is 4.92 Å². The van der Waals surface area contributed by atoms with Gasteiger partial charge in [-0.1, -0.05) is 0 Å². The van der Waals surface area contributed by atoms with E-state index in [0.717, 1.165) is 12.3 Å². The number of nitrogens with zero attached hydrogens (tertiary/aromatic N) is 2. The van der Waals surface area contributed by atoms with E-state index in [2.05, 4.69) is 15.6 Å². The van der Waals surface area contributed by atoms with Gasteiger partial charge < -0.3 is 22.1 Å². The van der Waals surface area contributed by atoms with Gasteiger partial charge in [-0.2, -0.15) is 0 Å². The average Bonchev–Trinajstić information content (AvgIpc) is 2.33. The Morgan fingerprint density at radius 2 is 2.00 bits per heavy atom. The first kappa shape index (κ1) is 14.2. The molecule has 0 radical (unpaired) electrons. The lowest BCUT2D eigenvalue weighted by atomic mass is 10.2. The van der Waals surface area contributed by atoms with Crippen LogP contribution in [0.5, 0.6) is 0 Å². The molecular weight excluding hydrogens is 256 g/mol. The number of nitrogen functional groups attached to an aromatic ring is 1. The third kappa shape index (κ3) is 4.11. The van der Waals surface area contributed by atoms with Crippen LogP contribution in [0.15, 0.2) is 12.3 Å². The molecule has 3 amide bonds. The minimum absolute atomic E-state index is 0.00832. The highest BCUT2D eigenvalue weighted by molar-refractivity contribution is 5.98. The predicted octanol–water partition coefficient (Wildman–Crippen LogP) is -1.03. The zero-order valence-corrected chi connectivity index (χ0v) is 9.75. The van der Waals surface area contributed by atoms with Crippen molar-refractivity contribution in [3.05, 3.63) is 27.9 Å². The van der Waals surface area contributed by atoms with Gasteiger partial charge in [0.2, 0.25) is 0 Å². The Balaban J connectivity index is 2.73. The summed E-state index contributed by atoms with van der Waals surface area (Å²) < 4.78 is 0. The third-order valence-corrected chi connectivity index (χ3v) is 2.06. The second-order valence-electron chi connectivity index (χ2n) is 3.43. The first-order valence-electron chi connectivity index (χ1n) is 5.13. The van der Waals surface area contributed by atoms with Crippen molar-refractivity contribution in [1.29, 1.82) is 0 Å². The molecule has 6 N–H and O–H groups in total. The fraction of sp³-hybridized carbons (Fsp3) is 0.222. The number of pyridine rings is 1. The molecule has 0 unspecified atom stereocenters. The average molecular weight is 268 g/mol. The number of nitrogens with two attached hydrogens (primary N) is 2. The van der Waals surface area contributed by atoms with Crippen LogP contribution < -0.4 is 22.1 Å². The molecule has 10 heteroatoms. The van der Waals surface area contributed by atoms with E-state index in [1.807, 2.05) is 0 Å². The van der Waals surface area contributed by atoms with Crippen molar-refractivity contribution in [2.45, 2.75) is 0 Å². The van der Waals surface area contributed by atoms with Crippen LogP contribution in [0.3, 0.4) is 0 Å². The molecule has 0 fully saturated rings. The normalized spacial score (nSPS) is 9.68. The van der Waals surface area contributed by atoms with E-state index in [1.165, 1.54) is 0 Å². The van der Waals surface area contributed by atoms with E-state index in [4.69, 9.17) is 11.5 Å². The van der Waals surface area contributed by atoms with Gasteiger partial charge in [-0.05, 0) is 6.07 Å². The lowest BCUT2D eigenvalue weighted by Gasteiger charge is -2.06. The Hall–Kier alpha value is -2.91. The second-order valence-corrected chi connectivity index (χ2v) is 3.43. The monoisotopic (exact) mass is 268 g/mol. The molecule has 1 heterocycles. The minimum atomic E-state index is -0.733. The molecule has 0 bridgehead atoms. The van der Waals surface area contributed by atoms with Crippen LogP contribution in [-0.4, -0.2) is 34.9 Å². The molecule has 0 saturated carbocycles. The number of carbonyl (C=O) groups is 2. The van der Waals surface area contributed by atoms with E-state index in [0.29, 0.717) is 0 Å². The molecule has 1 aromatic rings. The quantitative estimate of drug-likeness (QED) is 0.302. The molecule has 0 aliphatic rings. The summed E-state index contributed by atoms with van der Waals surface area (Å²) in [7, 11) is 0. The summed E-state index contributed by atoms with van der Waals surface area (Å²) in [5.41, 5.74) is 9.55. The second kappa shape index (κ2) is 6.14. The number of amides is 3. The fourth-order valence-corrected chi connectivity index (χ4v) is 1.25. The predicted molar refractivity (Wildman–Crippen MR) is 65.2 cm³/mol. The van der Waals surface area contributed by atoms with Crippen LogP contribution in [0.1, 0.15) is 10.4 Å². The standard InChI is InChI=1S/C9H12N6O4/c10-7-3-5(6(4-14-7)15(18)19)8(16)12-1-2-13-9(11)17/h3-4H,1-2H2,(H2,10,14)(H,12,16)(H3,11,13,17). The molecule has 1 rings (SSSR count). The summed E-state index contributed by atoms with van der Waals surface area (Å²) in [6, 6.07) is 0.378. The number of primary amides is 1. The zero-order chi connectivity index (χ0) is 14.4. The summed E-state index contributed by atoms with van der Waals surface area (Å²) in [6.45, 7) is 0.177. The Bertz CT molecular complexity index is 517. The lowest BCUT2D eigenvalue weighted by Crippen LogP contribution is -2.37. The minimum Gasteiger partial charge on any atom is -0.384 e. The first-order chi connectivity index (χ1) is 8.91. The molecule has 0 aliphatic heterocycles. The molecule has 102 valence electrons. The summed E-state index contributed by atoms with van der Waals surface area (Å²) >= 11 is 0. The van der Waals surface area contributed by atoms with Crippen LogP contribution in [0.2, 0.25) is 0 Å². The highest BCUT2D eigenvalue weighted by Crippen LogP contribution is 2.18. The largest absolute Gasteiger partial charge is 0.384 e. The third-order valence-electron chi connectivity index (χ3n) is 2.06. The molecule has 0 aromatic carbocycles. The van der Waals surface area contributed by atoms with Gasteiger partial charge in [0, 0.05) is 13.1 Å². The molecule has 0 atom stereocenters. The fourth-order valence-electron chi connectivity index (χ4n) is 1.25. The summed E-state index contributed by atoms with van der Waals surface area (Å²) in [6.07, 6.45) is 0.909. The van der Waals surface area contributed by atoms with Crippen molar-refractivity contribution >= 4 is 23.4 Å². The van der Waals surface area contributed by atoms with Crippen molar-refractivity contribution in [2.24, 2.45) is 5.73 Å². The van der Waals surface area contributed by atoms with Crippen LogP contribution >= 0.6 is 0 Å². The first-order valence-corrected chi connectivity index (χ1v) is 5.13. The Morgan fingerprint density at radius 1 is 1.37 bits per heavy atom. The lowest BCUT2D eigenvalue weighted by molar-refractivity contribution is -0.385. The molecule has 1 aromatic heterocycles. The summed E-state index contributed by atoms with van der Waals surface area (Å²) in [5.74, 6) is -0.696. The number of nitro groups is 1. The number of hydrogen-bond donors (Lipinski definition) is 4. The van der Waals surface area contributed by atoms with E-state index in [-0.39, 0.29) is 24.5 Å². The zero-order valence-electron chi connectivity index (χ0n) is 9.75. The summed E-state index contributed by atoms with van der Waals surface area (Å²) in [4.78, 5) is 35.7. The van der Waals surface area contributed by atoms with Gasteiger partial charge in [0.1, 0.15) is 17.6 Å². The van der Waals surface area contributed by atoms with Gasteiger partial charge in [0.15, 0.2) is 0 Å². The van der Waals surface area contributed by atoms with E-state index >= 15 is 0 Å². The number of rotatable bonds is 5. The number of carbonyl (C=O) groups excluding carboxylic acids is 2. The summed E-state index contributed by atoms with van der Waals surface area (Å²) in [5, 5.41) is 15.4. The van der Waals surface area contributed by atoms with Crippen molar-refractivity contribution in [1.82, 2.24) is 15.6 Å². The Kier molecular flexibility index (Phi) is 4.57. The van der Waals surface area contributed by atoms with Crippen LogP contribution in [-0.2, 0) is 0 Å². The maximum Gasteiger partial charge on any atom is 0.312 e. The van der Waals surface area contributed by atoms with Crippen LogP contribution in [0.4, 0.5) is 16.3 Å². The maximum atomic E-state index is 11.7. The maximum absolute atomic E-state index is 11.7. The van der Waals surface area contributed by atoms with Crippen molar-refractivity contribution in [2.75, 3.05) is 18.8 Å². The van der Waals surface area contributed by atoms with E-state index in [1.54, 1.807) is 0 Å². The number of nitrogens with one attached hydrogen (secondary N) is 2. The molecule has 10 nitrogen and oxygen atoms in total. The molecule has 0 spiro atoms. The number of anilines is 1. The van der Waals surface area contributed by atoms with Crippen molar-refractivity contribution < 1.29 is 14.5 Å².